The first-order valence-electron chi connectivity index (χ1n) is 6.77. The average Bonchev–Trinajstić information content (AvgIpc) is 3.22. The van der Waals surface area contributed by atoms with E-state index < -0.39 is 4.92 Å². The van der Waals surface area contributed by atoms with Gasteiger partial charge in [-0.25, -0.2) is 0 Å². The van der Waals surface area contributed by atoms with E-state index in [0.29, 0.717) is 15.9 Å². The van der Waals surface area contributed by atoms with Gasteiger partial charge in [-0.05, 0) is 24.3 Å². The number of benzene rings is 1. The molecule has 0 saturated heterocycles. The smallest absolute Gasteiger partial charge is 0.277 e. The van der Waals surface area contributed by atoms with Gasteiger partial charge in [0.2, 0.25) is 5.91 Å². The van der Waals surface area contributed by atoms with Crippen molar-refractivity contribution in [2.45, 2.75) is 5.22 Å². The molecule has 25 heavy (non-hydrogen) atoms. The highest BCUT2D eigenvalue weighted by Gasteiger charge is 2.13. The van der Waals surface area contributed by atoms with Crippen molar-refractivity contribution in [3.05, 3.63) is 50.8 Å². The van der Waals surface area contributed by atoms with Gasteiger partial charge >= 0.3 is 0 Å². The van der Waals surface area contributed by atoms with Crippen molar-refractivity contribution in [1.82, 2.24) is 10.2 Å². The van der Waals surface area contributed by atoms with E-state index in [1.165, 1.54) is 35.6 Å². The minimum atomic E-state index is -0.505. The number of anilines is 1. The molecule has 0 aliphatic carbocycles. The Bertz CT molecular complexity index is 910. The summed E-state index contributed by atoms with van der Waals surface area (Å²) in [7, 11) is 0. The van der Waals surface area contributed by atoms with Crippen LogP contribution in [0.5, 0.6) is 0 Å². The predicted molar refractivity (Wildman–Crippen MR) is 95.1 cm³/mol. The number of thioether (sulfide) groups is 1. The number of hydrogen-bond acceptors (Lipinski definition) is 8. The highest BCUT2D eigenvalue weighted by Crippen LogP contribution is 2.31. The number of nitro benzene ring substituents is 1. The SMILES string of the molecule is O=C(CSc1nnc(-c2ccc(Cl)s2)o1)Nc1ccc([N+](=O)[O-])cc1. The molecule has 0 fully saturated rings. The Hall–Kier alpha value is -2.43. The lowest BCUT2D eigenvalue weighted by atomic mass is 10.3. The van der Waals surface area contributed by atoms with Gasteiger partial charge in [-0.15, -0.1) is 21.5 Å². The summed E-state index contributed by atoms with van der Waals surface area (Å²) < 4.78 is 6.08. The lowest BCUT2D eigenvalue weighted by Crippen LogP contribution is -2.13. The van der Waals surface area contributed by atoms with E-state index in [-0.39, 0.29) is 22.6 Å². The molecular formula is C14H9ClN4O4S2. The van der Waals surface area contributed by atoms with Crippen molar-refractivity contribution in [2.24, 2.45) is 0 Å². The number of rotatable bonds is 6. The van der Waals surface area contributed by atoms with Gasteiger partial charge in [0.05, 0.1) is 19.9 Å². The molecule has 0 unspecified atom stereocenters. The van der Waals surface area contributed by atoms with Gasteiger partial charge in [0.15, 0.2) is 0 Å². The fourth-order valence-electron chi connectivity index (χ4n) is 1.79. The lowest BCUT2D eigenvalue weighted by molar-refractivity contribution is -0.384. The second kappa shape index (κ2) is 7.64. The summed E-state index contributed by atoms with van der Waals surface area (Å²) in [6.45, 7) is 0. The Balaban J connectivity index is 1.54. The minimum Gasteiger partial charge on any atom is -0.410 e. The molecule has 2 aromatic heterocycles. The summed E-state index contributed by atoms with van der Waals surface area (Å²) in [5, 5.41) is 21.3. The highest BCUT2D eigenvalue weighted by molar-refractivity contribution is 7.99. The highest BCUT2D eigenvalue weighted by atomic mass is 35.5. The topological polar surface area (TPSA) is 111 Å². The van der Waals surface area contributed by atoms with Crippen molar-refractivity contribution < 1.29 is 14.1 Å². The Morgan fingerprint density at radius 1 is 1.28 bits per heavy atom. The zero-order valence-corrected chi connectivity index (χ0v) is 14.7. The number of amides is 1. The van der Waals surface area contributed by atoms with E-state index in [9.17, 15) is 14.9 Å². The third-order valence-electron chi connectivity index (χ3n) is 2.88. The van der Waals surface area contributed by atoms with Gasteiger partial charge in [-0.2, -0.15) is 0 Å². The van der Waals surface area contributed by atoms with E-state index in [1.54, 1.807) is 12.1 Å². The van der Waals surface area contributed by atoms with Crippen molar-refractivity contribution in [1.29, 1.82) is 0 Å². The maximum atomic E-state index is 11.9. The summed E-state index contributed by atoms with van der Waals surface area (Å²) >= 11 is 8.26. The molecule has 0 spiro atoms. The van der Waals surface area contributed by atoms with Crippen molar-refractivity contribution in [3.8, 4) is 10.8 Å². The maximum Gasteiger partial charge on any atom is 0.277 e. The van der Waals surface area contributed by atoms with Crippen LogP contribution < -0.4 is 5.32 Å². The van der Waals surface area contributed by atoms with Crippen LogP contribution in [0.2, 0.25) is 4.34 Å². The molecule has 1 aromatic carbocycles. The number of hydrogen-bond donors (Lipinski definition) is 1. The molecule has 128 valence electrons. The van der Waals surface area contributed by atoms with Crippen LogP contribution in [-0.2, 0) is 4.79 Å². The van der Waals surface area contributed by atoms with Crippen LogP contribution in [0.4, 0.5) is 11.4 Å². The second-order valence-corrected chi connectivity index (χ2v) is 7.26. The monoisotopic (exact) mass is 396 g/mol. The molecule has 1 N–H and O–H groups in total. The molecule has 11 heteroatoms. The lowest BCUT2D eigenvalue weighted by Gasteiger charge is -2.03. The number of carbonyl (C=O) groups excluding carboxylic acids is 1. The first-order chi connectivity index (χ1) is 12.0. The number of halogens is 1. The zero-order valence-electron chi connectivity index (χ0n) is 12.3. The van der Waals surface area contributed by atoms with Crippen molar-refractivity contribution in [2.75, 3.05) is 11.1 Å². The van der Waals surface area contributed by atoms with Gasteiger partial charge in [0.1, 0.15) is 0 Å². The molecule has 2 heterocycles. The number of nitro groups is 1. The standard InChI is InChI=1S/C14H9ClN4O4S2/c15-11-6-5-10(25-11)13-17-18-14(23-13)24-7-12(20)16-8-1-3-9(4-2-8)19(21)22/h1-6H,7H2,(H,16,20). The molecule has 0 aliphatic rings. The second-order valence-electron chi connectivity index (χ2n) is 4.62. The van der Waals surface area contributed by atoms with Crippen LogP contribution in [0.1, 0.15) is 0 Å². The van der Waals surface area contributed by atoms with E-state index in [1.807, 2.05) is 0 Å². The normalized spacial score (nSPS) is 10.6. The van der Waals surface area contributed by atoms with Crippen molar-refractivity contribution >= 4 is 52.0 Å². The molecular weight excluding hydrogens is 388 g/mol. The van der Waals surface area contributed by atoms with Crippen LogP contribution in [0.3, 0.4) is 0 Å². The zero-order chi connectivity index (χ0) is 17.8. The van der Waals surface area contributed by atoms with Gasteiger partial charge < -0.3 is 9.73 Å². The molecule has 8 nitrogen and oxygen atoms in total. The summed E-state index contributed by atoms with van der Waals surface area (Å²) in [4.78, 5) is 22.7. The van der Waals surface area contributed by atoms with E-state index in [4.69, 9.17) is 16.0 Å². The molecule has 0 radical (unpaired) electrons. The molecule has 1 amide bonds. The third kappa shape index (κ3) is 4.56. The first-order valence-corrected chi connectivity index (χ1v) is 8.95. The molecule has 0 saturated carbocycles. The predicted octanol–water partition coefficient (Wildman–Crippen LogP) is 4.09. The van der Waals surface area contributed by atoms with Crippen LogP contribution in [0, 0.1) is 10.1 Å². The Labute approximate surface area is 154 Å². The number of nitrogens with one attached hydrogen (secondary N) is 1. The largest absolute Gasteiger partial charge is 0.410 e. The number of non-ortho nitro benzene ring substituents is 1. The number of aromatic nitrogens is 2. The van der Waals surface area contributed by atoms with Gasteiger partial charge in [0.25, 0.3) is 16.8 Å². The van der Waals surface area contributed by atoms with Crippen LogP contribution in [0.15, 0.2) is 46.0 Å². The Morgan fingerprint density at radius 3 is 2.68 bits per heavy atom. The fraction of sp³-hybridized carbons (Fsp3) is 0.0714. The average molecular weight is 397 g/mol. The van der Waals surface area contributed by atoms with E-state index >= 15 is 0 Å². The quantitative estimate of drug-likeness (QED) is 0.379. The Kier molecular flexibility index (Phi) is 5.31. The minimum absolute atomic E-state index is 0.0422. The maximum absolute atomic E-state index is 11.9. The van der Waals surface area contributed by atoms with Crippen LogP contribution in [0.25, 0.3) is 10.8 Å². The first kappa shape index (κ1) is 17.4. The summed E-state index contributed by atoms with van der Waals surface area (Å²) in [5.41, 5.74) is 0.426. The summed E-state index contributed by atoms with van der Waals surface area (Å²) in [6.07, 6.45) is 0. The molecule has 3 rings (SSSR count). The molecule has 0 aliphatic heterocycles. The van der Waals surface area contributed by atoms with Gasteiger partial charge in [0, 0.05) is 17.8 Å². The number of thiophene rings is 1. The number of carbonyl (C=O) groups is 1. The van der Waals surface area contributed by atoms with E-state index in [0.717, 1.165) is 16.6 Å². The fourth-order valence-corrected chi connectivity index (χ4v) is 3.32. The Morgan fingerprint density at radius 2 is 2.04 bits per heavy atom. The summed E-state index contributed by atoms with van der Waals surface area (Å²) in [5.74, 6) is 0.108. The van der Waals surface area contributed by atoms with Gasteiger partial charge in [-0.3, -0.25) is 14.9 Å². The third-order valence-corrected chi connectivity index (χ3v) is 4.92. The molecule has 0 atom stereocenters. The molecule has 0 bridgehead atoms. The van der Waals surface area contributed by atoms with E-state index in [2.05, 4.69) is 15.5 Å². The van der Waals surface area contributed by atoms with Crippen molar-refractivity contribution in [3.63, 3.8) is 0 Å². The molecule has 3 aromatic rings. The van der Waals surface area contributed by atoms with Crippen LogP contribution in [-0.4, -0.2) is 26.8 Å². The number of nitrogens with zero attached hydrogens (tertiary/aromatic N) is 3. The van der Waals surface area contributed by atoms with Crippen LogP contribution >= 0.6 is 34.7 Å². The van der Waals surface area contributed by atoms with Gasteiger partial charge in [-0.1, -0.05) is 23.4 Å². The summed E-state index contributed by atoms with van der Waals surface area (Å²) in [6, 6.07) is 9.07.